The largest absolute Gasteiger partial charge is 0.497 e. The molecule has 1 aromatic rings. The molecule has 0 atom stereocenters. The molecule has 0 heterocycles. The van der Waals surface area contributed by atoms with E-state index in [2.05, 4.69) is 12.2 Å². The molecule has 0 saturated carbocycles. The summed E-state index contributed by atoms with van der Waals surface area (Å²) in [5.74, 6) is 0.818. The number of carbonyl (C=O) groups excluding carboxylic acids is 1. The first-order valence-corrected chi connectivity index (χ1v) is 7.00. The second-order valence-electron chi connectivity index (χ2n) is 4.84. The summed E-state index contributed by atoms with van der Waals surface area (Å²) < 4.78 is 5.15. The van der Waals surface area contributed by atoms with Crippen LogP contribution >= 0.6 is 0 Å². The van der Waals surface area contributed by atoms with Gasteiger partial charge >= 0.3 is 0 Å². The van der Waals surface area contributed by atoms with E-state index >= 15 is 0 Å². The second-order valence-corrected chi connectivity index (χ2v) is 4.84. The van der Waals surface area contributed by atoms with Crippen LogP contribution in [0.15, 0.2) is 54.1 Å². The van der Waals surface area contributed by atoms with E-state index in [9.17, 15) is 4.79 Å². The predicted octanol–water partition coefficient (Wildman–Crippen LogP) is 4.33. The molecule has 0 N–H and O–H groups in total. The van der Waals surface area contributed by atoms with Crippen molar-refractivity contribution in [2.45, 2.75) is 25.7 Å². The van der Waals surface area contributed by atoms with Crippen molar-refractivity contribution in [3.05, 3.63) is 59.7 Å². The molecular weight excluding hydrogens is 248 g/mol. The molecule has 2 rings (SSSR count). The lowest BCUT2D eigenvalue weighted by atomic mass is 9.97. The number of benzene rings is 1. The van der Waals surface area contributed by atoms with Gasteiger partial charge in [-0.2, -0.15) is 0 Å². The van der Waals surface area contributed by atoms with Crippen LogP contribution in [0.25, 0.3) is 5.57 Å². The normalized spacial score (nSPS) is 16.1. The van der Waals surface area contributed by atoms with Crippen LogP contribution in [-0.4, -0.2) is 13.4 Å². The minimum absolute atomic E-state index is 0.818. The molecule has 0 aromatic heterocycles. The molecule has 0 aliphatic heterocycles. The number of aldehydes is 1. The third-order valence-electron chi connectivity index (χ3n) is 3.47. The Morgan fingerprint density at radius 2 is 2.00 bits per heavy atom. The van der Waals surface area contributed by atoms with Gasteiger partial charge in [-0.15, -0.1) is 0 Å². The molecule has 0 saturated heterocycles. The Labute approximate surface area is 120 Å². The summed E-state index contributed by atoms with van der Waals surface area (Å²) in [5, 5.41) is 0. The Balaban J connectivity index is 2.18. The maximum atomic E-state index is 10.8. The predicted molar refractivity (Wildman–Crippen MR) is 82.7 cm³/mol. The van der Waals surface area contributed by atoms with E-state index in [1.807, 2.05) is 30.3 Å². The maximum absolute atomic E-state index is 10.8. The molecule has 1 aliphatic rings. The Hall–Kier alpha value is -2.09. The molecule has 0 radical (unpaired) electrons. The molecule has 2 nitrogen and oxygen atoms in total. The van der Waals surface area contributed by atoms with Crippen molar-refractivity contribution in [2.75, 3.05) is 7.11 Å². The molecule has 0 amide bonds. The van der Waals surface area contributed by atoms with Gasteiger partial charge < -0.3 is 4.74 Å². The van der Waals surface area contributed by atoms with Gasteiger partial charge in [-0.05, 0) is 55.0 Å². The highest BCUT2D eigenvalue weighted by molar-refractivity contribution is 5.86. The van der Waals surface area contributed by atoms with Crippen LogP contribution in [0.2, 0.25) is 0 Å². The molecule has 1 aromatic carbocycles. The van der Waals surface area contributed by atoms with E-state index < -0.39 is 0 Å². The zero-order chi connectivity index (χ0) is 14.2. The number of carbonyl (C=O) groups is 1. The topological polar surface area (TPSA) is 26.3 Å². The molecule has 0 spiro atoms. The minimum Gasteiger partial charge on any atom is -0.497 e. The lowest BCUT2D eigenvalue weighted by Gasteiger charge is -2.09. The van der Waals surface area contributed by atoms with Gasteiger partial charge in [0.1, 0.15) is 12.0 Å². The Morgan fingerprint density at radius 1 is 1.20 bits per heavy atom. The third kappa shape index (κ3) is 3.95. The Kier molecular flexibility index (Phi) is 5.36. The van der Waals surface area contributed by atoms with Gasteiger partial charge in [0.15, 0.2) is 0 Å². The van der Waals surface area contributed by atoms with Crippen molar-refractivity contribution >= 4 is 11.9 Å². The van der Waals surface area contributed by atoms with Gasteiger partial charge in [0.05, 0.1) is 7.11 Å². The molecule has 1 aliphatic carbocycles. The minimum atomic E-state index is 0.818. The summed E-state index contributed by atoms with van der Waals surface area (Å²) in [6.07, 6.45) is 13.7. The molecule has 104 valence electrons. The number of rotatable bonds is 5. The molecule has 0 bridgehead atoms. The van der Waals surface area contributed by atoms with Crippen LogP contribution in [-0.2, 0) is 4.79 Å². The van der Waals surface area contributed by atoms with Gasteiger partial charge in [0, 0.05) is 0 Å². The average Bonchev–Trinajstić information content (AvgIpc) is 2.52. The average molecular weight is 268 g/mol. The number of allylic oxidation sites excluding steroid dienone is 6. The second kappa shape index (κ2) is 7.49. The fourth-order valence-electron chi connectivity index (χ4n) is 2.32. The van der Waals surface area contributed by atoms with E-state index in [4.69, 9.17) is 4.74 Å². The van der Waals surface area contributed by atoms with Crippen LogP contribution in [0.5, 0.6) is 5.75 Å². The fourth-order valence-corrected chi connectivity index (χ4v) is 2.32. The van der Waals surface area contributed by atoms with Crippen LogP contribution in [0.1, 0.15) is 31.2 Å². The van der Waals surface area contributed by atoms with Crippen molar-refractivity contribution in [1.82, 2.24) is 0 Å². The molecule has 2 heteroatoms. The van der Waals surface area contributed by atoms with E-state index in [0.29, 0.717) is 0 Å². The third-order valence-corrected chi connectivity index (χ3v) is 3.47. The van der Waals surface area contributed by atoms with E-state index in [0.717, 1.165) is 36.0 Å². The highest BCUT2D eigenvalue weighted by Gasteiger charge is 2.02. The van der Waals surface area contributed by atoms with Crippen LogP contribution in [0, 0.1) is 0 Å². The number of hydrogen-bond acceptors (Lipinski definition) is 2. The van der Waals surface area contributed by atoms with E-state index in [-0.39, 0.29) is 0 Å². The number of hydrogen-bond donors (Lipinski definition) is 0. The fraction of sp³-hybridized carbons (Fsp3) is 0.278. The van der Waals surface area contributed by atoms with Gasteiger partial charge in [0.2, 0.25) is 0 Å². The summed E-state index contributed by atoms with van der Waals surface area (Å²) in [6, 6.07) is 7.74. The van der Waals surface area contributed by atoms with Gasteiger partial charge in [-0.1, -0.05) is 35.9 Å². The molecular formula is C18H20O2. The molecule has 0 unspecified atom stereocenters. The SMILES string of the molecule is COc1ccc(C(=C\C=O)/C=C/C2=CCCCC2)cc1. The number of methoxy groups -OCH3 is 1. The first-order chi connectivity index (χ1) is 9.83. The number of ether oxygens (including phenoxy) is 1. The monoisotopic (exact) mass is 268 g/mol. The van der Waals surface area contributed by atoms with Crippen molar-refractivity contribution < 1.29 is 9.53 Å². The summed E-state index contributed by atoms with van der Waals surface area (Å²) >= 11 is 0. The van der Waals surface area contributed by atoms with E-state index in [1.165, 1.54) is 18.4 Å². The van der Waals surface area contributed by atoms with Crippen LogP contribution < -0.4 is 4.74 Å². The first-order valence-electron chi connectivity index (χ1n) is 7.00. The summed E-state index contributed by atoms with van der Waals surface area (Å²) in [6.45, 7) is 0. The summed E-state index contributed by atoms with van der Waals surface area (Å²) in [7, 11) is 1.65. The quantitative estimate of drug-likeness (QED) is 0.451. The molecule has 20 heavy (non-hydrogen) atoms. The Morgan fingerprint density at radius 3 is 2.60 bits per heavy atom. The van der Waals surface area contributed by atoms with Crippen molar-refractivity contribution in [3.8, 4) is 5.75 Å². The lowest BCUT2D eigenvalue weighted by molar-refractivity contribution is -0.104. The standard InChI is InChI=1S/C18H20O2/c1-20-18-11-9-16(10-12-18)17(13-14-19)8-7-15-5-3-2-4-6-15/h5,7-14H,2-4,6H2,1H3/b8-7+,17-13-. The van der Waals surface area contributed by atoms with Gasteiger partial charge in [-0.25, -0.2) is 0 Å². The van der Waals surface area contributed by atoms with Gasteiger partial charge in [0.25, 0.3) is 0 Å². The van der Waals surface area contributed by atoms with E-state index in [1.54, 1.807) is 13.2 Å². The Bertz CT molecular complexity index is 533. The van der Waals surface area contributed by atoms with Crippen LogP contribution in [0.3, 0.4) is 0 Å². The van der Waals surface area contributed by atoms with Crippen LogP contribution in [0.4, 0.5) is 0 Å². The van der Waals surface area contributed by atoms with Crippen molar-refractivity contribution in [1.29, 1.82) is 0 Å². The zero-order valence-corrected chi connectivity index (χ0v) is 11.8. The lowest BCUT2D eigenvalue weighted by Crippen LogP contribution is -1.89. The zero-order valence-electron chi connectivity index (χ0n) is 11.8. The highest BCUT2D eigenvalue weighted by Crippen LogP contribution is 2.22. The van der Waals surface area contributed by atoms with Crippen molar-refractivity contribution in [2.24, 2.45) is 0 Å². The smallest absolute Gasteiger partial charge is 0.143 e. The molecule has 0 fully saturated rings. The summed E-state index contributed by atoms with van der Waals surface area (Å²) in [4.78, 5) is 10.8. The van der Waals surface area contributed by atoms with Gasteiger partial charge in [-0.3, -0.25) is 4.79 Å². The maximum Gasteiger partial charge on any atom is 0.143 e. The highest BCUT2D eigenvalue weighted by atomic mass is 16.5. The van der Waals surface area contributed by atoms with Crippen molar-refractivity contribution in [3.63, 3.8) is 0 Å². The summed E-state index contributed by atoms with van der Waals surface area (Å²) in [5.41, 5.74) is 3.31. The first kappa shape index (κ1) is 14.3.